The van der Waals surface area contributed by atoms with E-state index in [9.17, 15) is 10.2 Å². The Balaban J connectivity index is 1.87. The maximum atomic E-state index is 12.2. The maximum Gasteiger partial charge on any atom is 0.141 e. The average Bonchev–Trinajstić information content (AvgIpc) is 2.78. The summed E-state index contributed by atoms with van der Waals surface area (Å²) in [4.78, 5) is 0. The molecule has 2 N–H and O–H groups in total. The van der Waals surface area contributed by atoms with Crippen LogP contribution in [0.4, 0.5) is 0 Å². The standard InChI is InChI=1S/C28H24O2/c1-19-11-15-21(16-12-19)27(29)23-7-3-5-9-25(23)28(30,22-17-13-20(2)14-18-22)26-10-6-4-8-24(26)27/h3-18,29-30H,1-2H3. The summed E-state index contributed by atoms with van der Waals surface area (Å²) in [6.45, 7) is 4.07. The molecule has 0 atom stereocenters. The van der Waals surface area contributed by atoms with E-state index in [0.717, 1.165) is 22.3 Å². The van der Waals surface area contributed by atoms with Crippen LogP contribution >= 0.6 is 0 Å². The second kappa shape index (κ2) is 6.66. The molecule has 0 radical (unpaired) electrons. The van der Waals surface area contributed by atoms with Crippen LogP contribution in [0.2, 0.25) is 0 Å². The van der Waals surface area contributed by atoms with Gasteiger partial charge in [0.25, 0.3) is 0 Å². The highest BCUT2D eigenvalue weighted by atomic mass is 16.3. The van der Waals surface area contributed by atoms with Gasteiger partial charge in [-0.3, -0.25) is 0 Å². The fourth-order valence-electron chi connectivity index (χ4n) is 4.73. The van der Waals surface area contributed by atoms with Gasteiger partial charge in [0, 0.05) is 0 Å². The molecule has 148 valence electrons. The number of rotatable bonds is 2. The number of aliphatic hydroxyl groups is 2. The molecule has 5 rings (SSSR count). The molecule has 0 aliphatic heterocycles. The Morgan fingerprint density at radius 1 is 0.433 bits per heavy atom. The molecule has 30 heavy (non-hydrogen) atoms. The first-order valence-corrected chi connectivity index (χ1v) is 10.2. The van der Waals surface area contributed by atoms with Crippen molar-refractivity contribution in [3.8, 4) is 0 Å². The van der Waals surface area contributed by atoms with Gasteiger partial charge >= 0.3 is 0 Å². The molecule has 0 saturated carbocycles. The van der Waals surface area contributed by atoms with Crippen molar-refractivity contribution < 1.29 is 10.2 Å². The molecule has 0 amide bonds. The molecule has 4 aromatic carbocycles. The fraction of sp³-hybridized carbons (Fsp3) is 0.143. The Hall–Kier alpha value is -3.20. The molecule has 2 heteroatoms. The lowest BCUT2D eigenvalue weighted by molar-refractivity contribution is 0.0748. The monoisotopic (exact) mass is 392 g/mol. The lowest BCUT2D eigenvalue weighted by Gasteiger charge is -2.45. The van der Waals surface area contributed by atoms with Gasteiger partial charge < -0.3 is 10.2 Å². The van der Waals surface area contributed by atoms with E-state index in [4.69, 9.17) is 0 Å². The Bertz CT molecular complexity index is 1080. The summed E-state index contributed by atoms with van der Waals surface area (Å²) < 4.78 is 0. The summed E-state index contributed by atoms with van der Waals surface area (Å²) in [6, 6.07) is 31.3. The van der Waals surface area contributed by atoms with E-state index < -0.39 is 11.2 Å². The van der Waals surface area contributed by atoms with Gasteiger partial charge in [0.05, 0.1) is 0 Å². The quantitative estimate of drug-likeness (QED) is 0.493. The minimum absolute atomic E-state index is 0.704. The van der Waals surface area contributed by atoms with Crippen LogP contribution in [0.25, 0.3) is 0 Å². The third-order valence-corrected chi connectivity index (χ3v) is 6.35. The third kappa shape index (κ3) is 2.51. The highest BCUT2D eigenvalue weighted by molar-refractivity contribution is 5.65. The fourth-order valence-corrected chi connectivity index (χ4v) is 4.73. The minimum Gasteiger partial charge on any atom is -0.376 e. The molecule has 2 nitrogen and oxygen atoms in total. The third-order valence-electron chi connectivity index (χ3n) is 6.35. The topological polar surface area (TPSA) is 40.5 Å². The molecular formula is C28H24O2. The summed E-state index contributed by atoms with van der Waals surface area (Å²) in [5.41, 5.74) is 3.97. The van der Waals surface area contributed by atoms with Crippen LogP contribution in [0.1, 0.15) is 44.5 Å². The van der Waals surface area contributed by atoms with Crippen LogP contribution in [-0.4, -0.2) is 10.2 Å². The summed E-state index contributed by atoms with van der Waals surface area (Å²) in [5, 5.41) is 24.5. The van der Waals surface area contributed by atoms with Crippen molar-refractivity contribution in [2.45, 2.75) is 25.0 Å². The predicted molar refractivity (Wildman–Crippen MR) is 119 cm³/mol. The van der Waals surface area contributed by atoms with E-state index in [-0.39, 0.29) is 0 Å². The summed E-state index contributed by atoms with van der Waals surface area (Å²) >= 11 is 0. The van der Waals surface area contributed by atoms with Gasteiger partial charge in [-0.05, 0) is 47.2 Å². The number of fused-ring (bicyclic) bond motifs is 2. The normalized spacial score (nSPS) is 22.3. The highest BCUT2D eigenvalue weighted by Gasteiger charge is 2.50. The summed E-state index contributed by atoms with van der Waals surface area (Å²) in [6.07, 6.45) is 0. The van der Waals surface area contributed by atoms with Gasteiger partial charge in [0.1, 0.15) is 11.2 Å². The second-order valence-electron chi connectivity index (χ2n) is 8.24. The lowest BCUT2D eigenvalue weighted by Crippen LogP contribution is -2.44. The molecule has 0 spiro atoms. The summed E-state index contributed by atoms with van der Waals surface area (Å²) in [7, 11) is 0. The minimum atomic E-state index is -1.35. The second-order valence-corrected chi connectivity index (χ2v) is 8.24. The molecule has 0 saturated heterocycles. The van der Waals surface area contributed by atoms with Crippen LogP contribution < -0.4 is 0 Å². The zero-order valence-electron chi connectivity index (χ0n) is 17.1. The van der Waals surface area contributed by atoms with Crippen molar-refractivity contribution in [3.05, 3.63) is 142 Å². The Kier molecular flexibility index (Phi) is 4.18. The van der Waals surface area contributed by atoms with E-state index in [2.05, 4.69) is 0 Å². The number of aryl methyl sites for hydroxylation is 2. The molecule has 0 bridgehead atoms. The van der Waals surface area contributed by atoms with Gasteiger partial charge in [-0.1, -0.05) is 108 Å². The first-order chi connectivity index (χ1) is 14.5. The van der Waals surface area contributed by atoms with Crippen LogP contribution in [0, 0.1) is 13.8 Å². The van der Waals surface area contributed by atoms with Gasteiger partial charge in [0.15, 0.2) is 0 Å². The van der Waals surface area contributed by atoms with Crippen molar-refractivity contribution in [1.29, 1.82) is 0 Å². The van der Waals surface area contributed by atoms with Crippen LogP contribution in [-0.2, 0) is 11.2 Å². The van der Waals surface area contributed by atoms with Crippen molar-refractivity contribution in [2.24, 2.45) is 0 Å². The first kappa shape index (κ1) is 18.8. The SMILES string of the molecule is Cc1ccc(C2(O)c3ccccc3C(O)(c3ccc(C)cc3)c3ccccc32)cc1. The molecule has 4 aromatic rings. The number of hydrogen-bond donors (Lipinski definition) is 2. The first-order valence-electron chi connectivity index (χ1n) is 10.2. The molecular weight excluding hydrogens is 368 g/mol. The van der Waals surface area contributed by atoms with E-state index in [1.54, 1.807) is 0 Å². The van der Waals surface area contributed by atoms with Crippen LogP contribution in [0.5, 0.6) is 0 Å². The predicted octanol–water partition coefficient (Wildman–Crippen LogP) is 5.19. The molecule has 1 aliphatic rings. The van der Waals surface area contributed by atoms with Gasteiger partial charge in [-0.25, -0.2) is 0 Å². The molecule has 1 aliphatic carbocycles. The van der Waals surface area contributed by atoms with E-state index in [0.29, 0.717) is 22.3 Å². The Labute approximate surface area is 177 Å². The van der Waals surface area contributed by atoms with Crippen LogP contribution in [0.15, 0.2) is 97.1 Å². The van der Waals surface area contributed by atoms with Crippen molar-refractivity contribution >= 4 is 0 Å². The van der Waals surface area contributed by atoms with E-state index >= 15 is 0 Å². The molecule has 0 fully saturated rings. The molecule has 0 heterocycles. The van der Waals surface area contributed by atoms with Crippen LogP contribution in [0.3, 0.4) is 0 Å². The smallest absolute Gasteiger partial charge is 0.141 e. The van der Waals surface area contributed by atoms with Gasteiger partial charge in [-0.2, -0.15) is 0 Å². The highest BCUT2D eigenvalue weighted by Crippen LogP contribution is 2.52. The largest absolute Gasteiger partial charge is 0.376 e. The molecule has 0 aromatic heterocycles. The van der Waals surface area contributed by atoms with Gasteiger partial charge in [0.2, 0.25) is 0 Å². The zero-order valence-corrected chi connectivity index (χ0v) is 17.1. The van der Waals surface area contributed by atoms with Crippen molar-refractivity contribution in [3.63, 3.8) is 0 Å². The Morgan fingerprint density at radius 2 is 0.700 bits per heavy atom. The lowest BCUT2D eigenvalue weighted by atomic mass is 9.63. The number of hydrogen-bond acceptors (Lipinski definition) is 2. The van der Waals surface area contributed by atoms with Gasteiger partial charge in [-0.15, -0.1) is 0 Å². The maximum absolute atomic E-state index is 12.2. The van der Waals surface area contributed by atoms with E-state index in [1.807, 2.05) is 111 Å². The zero-order chi connectivity index (χ0) is 20.9. The summed E-state index contributed by atoms with van der Waals surface area (Å²) in [5.74, 6) is 0. The molecule has 0 unspecified atom stereocenters. The van der Waals surface area contributed by atoms with E-state index in [1.165, 1.54) is 0 Å². The number of benzene rings is 4. The average molecular weight is 392 g/mol. The Morgan fingerprint density at radius 3 is 0.967 bits per heavy atom. The van der Waals surface area contributed by atoms with Crippen molar-refractivity contribution in [2.75, 3.05) is 0 Å². The van der Waals surface area contributed by atoms with Crippen molar-refractivity contribution in [1.82, 2.24) is 0 Å².